The molecule has 0 aromatic carbocycles. The van der Waals surface area contributed by atoms with Crippen LogP contribution >= 0.6 is 21.5 Å². The summed E-state index contributed by atoms with van der Waals surface area (Å²) in [5.74, 6) is 0.733. The first-order valence-corrected chi connectivity index (χ1v) is 5.37. The third-order valence-corrected chi connectivity index (χ3v) is 1.98. The van der Waals surface area contributed by atoms with Crippen molar-refractivity contribution in [3.05, 3.63) is 0 Å². The smallest absolute Gasteiger partial charge is 0.0899 e. The fourth-order valence-electron chi connectivity index (χ4n) is 1.13. The van der Waals surface area contributed by atoms with Crippen LogP contribution in [0.1, 0.15) is 13.3 Å². The van der Waals surface area contributed by atoms with Gasteiger partial charge < -0.3 is 11.1 Å². The molecule has 1 heterocycles. The van der Waals surface area contributed by atoms with E-state index in [9.17, 15) is 0 Å². The highest BCUT2D eigenvalue weighted by Crippen LogP contribution is 2.12. The van der Waals surface area contributed by atoms with E-state index in [0.717, 1.165) is 18.9 Å². The van der Waals surface area contributed by atoms with Crippen LogP contribution < -0.4 is 11.1 Å². The molecule has 1 fully saturated rings. The maximum atomic E-state index is 5.43. The molecule has 0 radical (unpaired) electrons. The highest BCUT2D eigenvalue weighted by Gasteiger charge is 2.21. The maximum Gasteiger partial charge on any atom is 0.0899 e. The number of rotatable bonds is 1. The van der Waals surface area contributed by atoms with Gasteiger partial charge in [0.05, 0.1) is 11.0 Å². The van der Waals surface area contributed by atoms with Crippen molar-refractivity contribution in [2.75, 3.05) is 13.2 Å². The lowest BCUT2D eigenvalue weighted by molar-refractivity contribution is 0.646. The molecule has 1 rings (SSSR count). The maximum absolute atomic E-state index is 5.43. The van der Waals surface area contributed by atoms with Crippen LogP contribution in [0.25, 0.3) is 0 Å². The average Bonchev–Trinajstić information content (AvgIpc) is 2.40. The van der Waals surface area contributed by atoms with Gasteiger partial charge in [0, 0.05) is 0 Å². The van der Waals surface area contributed by atoms with E-state index in [2.05, 4.69) is 21.5 Å². The van der Waals surface area contributed by atoms with Crippen LogP contribution in [0.2, 0.25) is 0 Å². The summed E-state index contributed by atoms with van der Waals surface area (Å²) in [6.45, 7) is 5.17. The topological polar surface area (TPSA) is 38.0 Å². The number of nitrogens with two attached hydrogens (primary N) is 1. The first kappa shape index (κ1) is 11.3. The molecule has 11 heavy (non-hydrogen) atoms. The Kier molecular flexibility index (Phi) is 6.02. The molecule has 3 unspecified atom stereocenters. The molecule has 0 aromatic rings. The van der Waals surface area contributed by atoms with Crippen molar-refractivity contribution in [2.24, 2.45) is 11.7 Å². The van der Waals surface area contributed by atoms with Crippen molar-refractivity contribution in [1.29, 1.82) is 0 Å². The monoisotopic (exact) mass is 192 g/mol. The molecule has 0 aromatic heterocycles. The summed E-state index contributed by atoms with van der Waals surface area (Å²) in [4.78, 5) is 0.611. The molecule has 1 saturated heterocycles. The minimum atomic E-state index is 0.301. The molecule has 0 bridgehead atoms. The summed E-state index contributed by atoms with van der Waals surface area (Å²) in [5, 5.41) is 3.24. The van der Waals surface area contributed by atoms with E-state index in [0.29, 0.717) is 11.0 Å². The molecule has 4 heteroatoms. The Balaban J connectivity index is 0.000000461. The zero-order valence-electron chi connectivity index (χ0n) is 7.13. The first-order valence-electron chi connectivity index (χ1n) is 3.80. The average molecular weight is 192 g/mol. The molecule has 66 valence electrons. The predicted molar refractivity (Wildman–Crippen MR) is 58.0 cm³/mol. The molecule has 1 aliphatic heterocycles. The standard InChI is InChI=1S/C6H12N2S.CH5P/c1-4-2-5(6(7)9)8-3-4;1-2/h4-5,8H,2-3H2,1H3,(H2,7,9);2H2,1H3. The SMILES string of the molecule is CC1CNC(C(N)=S)C1.CP. The fourth-order valence-corrected chi connectivity index (χ4v) is 1.31. The third-order valence-electron chi connectivity index (χ3n) is 1.69. The lowest BCUT2D eigenvalue weighted by Crippen LogP contribution is -2.34. The molecule has 0 saturated carbocycles. The van der Waals surface area contributed by atoms with Gasteiger partial charge in [0.2, 0.25) is 0 Å². The highest BCUT2D eigenvalue weighted by atomic mass is 32.1. The predicted octanol–water partition coefficient (Wildman–Crippen LogP) is 0.762. The summed E-state index contributed by atoms with van der Waals surface area (Å²) >= 11 is 4.82. The summed E-state index contributed by atoms with van der Waals surface area (Å²) in [6.07, 6.45) is 1.11. The largest absolute Gasteiger partial charge is 0.392 e. The van der Waals surface area contributed by atoms with Gasteiger partial charge in [-0.1, -0.05) is 25.8 Å². The van der Waals surface area contributed by atoms with Crippen LogP contribution in [-0.2, 0) is 0 Å². The van der Waals surface area contributed by atoms with Gasteiger partial charge in [0.1, 0.15) is 0 Å². The second-order valence-electron chi connectivity index (χ2n) is 2.70. The summed E-state index contributed by atoms with van der Waals surface area (Å²) < 4.78 is 0. The fraction of sp³-hybridized carbons (Fsp3) is 0.857. The molecular weight excluding hydrogens is 175 g/mol. The van der Waals surface area contributed by atoms with Gasteiger partial charge >= 0.3 is 0 Å². The molecule has 2 nitrogen and oxygen atoms in total. The van der Waals surface area contributed by atoms with E-state index in [4.69, 9.17) is 18.0 Å². The van der Waals surface area contributed by atoms with Crippen molar-refractivity contribution < 1.29 is 0 Å². The van der Waals surface area contributed by atoms with Gasteiger partial charge in [-0.2, -0.15) is 0 Å². The van der Waals surface area contributed by atoms with E-state index in [1.807, 2.05) is 6.66 Å². The Morgan fingerprint density at radius 2 is 2.18 bits per heavy atom. The second-order valence-corrected chi connectivity index (χ2v) is 3.18. The number of nitrogens with one attached hydrogen (secondary N) is 1. The highest BCUT2D eigenvalue weighted by molar-refractivity contribution is 7.80. The van der Waals surface area contributed by atoms with E-state index in [1.165, 1.54) is 0 Å². The Hall–Kier alpha value is 0.280. The van der Waals surface area contributed by atoms with Crippen LogP contribution in [0.3, 0.4) is 0 Å². The van der Waals surface area contributed by atoms with Gasteiger partial charge in [-0.05, 0) is 18.9 Å². The van der Waals surface area contributed by atoms with Crippen LogP contribution in [-0.4, -0.2) is 24.2 Å². The van der Waals surface area contributed by atoms with Crippen molar-refractivity contribution in [3.63, 3.8) is 0 Å². The zero-order chi connectivity index (χ0) is 8.85. The molecule has 3 atom stereocenters. The Morgan fingerprint density at radius 3 is 2.36 bits per heavy atom. The Labute approximate surface area is 76.5 Å². The van der Waals surface area contributed by atoms with Gasteiger partial charge in [-0.25, -0.2) is 0 Å². The molecular formula is C7H17N2PS. The van der Waals surface area contributed by atoms with E-state index in [-0.39, 0.29) is 0 Å². The summed E-state index contributed by atoms with van der Waals surface area (Å²) in [5.41, 5.74) is 5.43. The minimum absolute atomic E-state index is 0.301. The third kappa shape index (κ3) is 4.00. The molecule has 3 N–H and O–H groups in total. The lowest BCUT2D eigenvalue weighted by Gasteiger charge is -2.05. The molecule has 0 spiro atoms. The normalized spacial score (nSPS) is 29.0. The van der Waals surface area contributed by atoms with Crippen molar-refractivity contribution >= 4 is 26.4 Å². The zero-order valence-corrected chi connectivity index (χ0v) is 9.10. The molecule has 1 aliphatic rings. The van der Waals surface area contributed by atoms with Crippen LogP contribution in [0.5, 0.6) is 0 Å². The summed E-state index contributed by atoms with van der Waals surface area (Å²) in [7, 11) is 2.42. The van der Waals surface area contributed by atoms with Crippen molar-refractivity contribution in [1.82, 2.24) is 5.32 Å². The Morgan fingerprint density at radius 1 is 1.64 bits per heavy atom. The Bertz CT molecular complexity index is 130. The van der Waals surface area contributed by atoms with E-state index >= 15 is 0 Å². The number of hydrogen-bond donors (Lipinski definition) is 2. The van der Waals surface area contributed by atoms with Crippen molar-refractivity contribution in [3.8, 4) is 0 Å². The number of thiocarbonyl (C=S) groups is 1. The molecule has 0 aliphatic carbocycles. The first-order chi connectivity index (χ1) is 5.20. The second kappa shape index (κ2) is 5.87. The van der Waals surface area contributed by atoms with E-state index in [1.54, 1.807) is 0 Å². The lowest BCUT2D eigenvalue weighted by atomic mass is 10.1. The van der Waals surface area contributed by atoms with Gasteiger partial charge in [-0.15, -0.1) is 9.24 Å². The van der Waals surface area contributed by atoms with E-state index < -0.39 is 0 Å². The molecule has 0 amide bonds. The summed E-state index contributed by atoms with van der Waals surface area (Å²) in [6, 6.07) is 0.301. The van der Waals surface area contributed by atoms with Crippen LogP contribution in [0.4, 0.5) is 0 Å². The van der Waals surface area contributed by atoms with Gasteiger partial charge in [0.15, 0.2) is 0 Å². The van der Waals surface area contributed by atoms with Gasteiger partial charge in [0.25, 0.3) is 0 Å². The van der Waals surface area contributed by atoms with Crippen LogP contribution in [0, 0.1) is 5.92 Å². The quantitative estimate of drug-likeness (QED) is 0.476. The number of hydrogen-bond acceptors (Lipinski definition) is 2. The minimum Gasteiger partial charge on any atom is -0.392 e. The van der Waals surface area contributed by atoms with Crippen LogP contribution in [0.15, 0.2) is 0 Å². The van der Waals surface area contributed by atoms with Gasteiger partial charge in [-0.3, -0.25) is 0 Å². The van der Waals surface area contributed by atoms with Crippen molar-refractivity contribution in [2.45, 2.75) is 19.4 Å².